The van der Waals surface area contributed by atoms with Gasteiger partial charge >= 0.3 is 0 Å². The molecular formula is C14H14ClF3O. The van der Waals surface area contributed by atoms with Crippen molar-refractivity contribution < 1.29 is 18.0 Å². The second kappa shape index (κ2) is 5.53. The first-order valence-electron chi connectivity index (χ1n) is 6.22. The number of halogens is 4. The zero-order chi connectivity index (χ0) is 14.0. The van der Waals surface area contributed by atoms with Crippen molar-refractivity contribution in [2.24, 2.45) is 5.92 Å². The molecule has 0 N–H and O–H groups in total. The van der Waals surface area contributed by atoms with E-state index in [1.54, 1.807) is 6.07 Å². The van der Waals surface area contributed by atoms with Crippen molar-refractivity contribution >= 4 is 17.4 Å². The lowest BCUT2D eigenvalue weighted by molar-refractivity contribution is -0.126. The van der Waals surface area contributed by atoms with Gasteiger partial charge in [0, 0.05) is 25.2 Å². The highest BCUT2D eigenvalue weighted by molar-refractivity contribution is 6.30. The molecule has 0 radical (unpaired) electrons. The highest BCUT2D eigenvalue weighted by Gasteiger charge is 2.37. The summed E-state index contributed by atoms with van der Waals surface area (Å²) in [7, 11) is 0. The molecule has 0 amide bonds. The first-order valence-corrected chi connectivity index (χ1v) is 6.60. The van der Waals surface area contributed by atoms with Gasteiger partial charge in [-0.1, -0.05) is 17.7 Å². The van der Waals surface area contributed by atoms with Crippen LogP contribution in [0.1, 0.15) is 31.2 Å². The molecule has 0 unspecified atom stereocenters. The second-order valence-electron chi connectivity index (χ2n) is 5.02. The number of hydrogen-bond donors (Lipinski definition) is 0. The zero-order valence-electron chi connectivity index (χ0n) is 10.3. The van der Waals surface area contributed by atoms with Crippen molar-refractivity contribution in [3.8, 4) is 0 Å². The minimum Gasteiger partial charge on any atom is -0.299 e. The number of rotatable bonds is 3. The van der Waals surface area contributed by atoms with Crippen LogP contribution in [0.5, 0.6) is 0 Å². The number of carbonyl (C=O) groups is 1. The smallest absolute Gasteiger partial charge is 0.248 e. The maximum absolute atomic E-state index is 13.2. The van der Waals surface area contributed by atoms with Crippen LogP contribution < -0.4 is 0 Å². The fraction of sp³-hybridized carbons (Fsp3) is 0.500. The summed E-state index contributed by atoms with van der Waals surface area (Å²) in [5.41, 5.74) is 0.532. The minimum absolute atomic E-state index is 0.00788. The number of Topliss-reactive ketones (excluding diaryl/α,β-unsaturated/α-hetero) is 1. The highest BCUT2D eigenvalue weighted by atomic mass is 35.5. The van der Waals surface area contributed by atoms with Crippen LogP contribution in [0.2, 0.25) is 5.02 Å². The quantitative estimate of drug-likeness (QED) is 0.805. The van der Waals surface area contributed by atoms with Gasteiger partial charge in [-0.15, -0.1) is 0 Å². The van der Waals surface area contributed by atoms with E-state index in [-0.39, 0.29) is 48.8 Å². The lowest BCUT2D eigenvalue weighted by Gasteiger charge is -2.27. The van der Waals surface area contributed by atoms with E-state index >= 15 is 0 Å². The molecule has 0 bridgehead atoms. The number of hydrogen-bond acceptors (Lipinski definition) is 1. The Morgan fingerprint density at radius 2 is 1.95 bits per heavy atom. The van der Waals surface area contributed by atoms with Gasteiger partial charge in [0.25, 0.3) is 0 Å². The van der Waals surface area contributed by atoms with E-state index in [4.69, 9.17) is 11.6 Å². The first kappa shape index (κ1) is 14.4. The number of carbonyl (C=O) groups excluding carboxylic acids is 1. The topological polar surface area (TPSA) is 17.1 Å². The Balaban J connectivity index is 1.96. The molecule has 0 atom stereocenters. The molecule has 1 saturated carbocycles. The van der Waals surface area contributed by atoms with Crippen LogP contribution in [-0.4, -0.2) is 11.7 Å². The molecule has 1 aliphatic rings. The molecule has 0 aromatic heterocycles. The first-order chi connectivity index (χ1) is 8.87. The van der Waals surface area contributed by atoms with E-state index in [2.05, 4.69) is 0 Å². The molecule has 0 spiro atoms. The molecule has 1 aromatic carbocycles. The maximum Gasteiger partial charge on any atom is 0.248 e. The summed E-state index contributed by atoms with van der Waals surface area (Å²) in [5, 5.41) is 0.00788. The average molecular weight is 291 g/mol. The van der Waals surface area contributed by atoms with Gasteiger partial charge in [-0.3, -0.25) is 4.79 Å². The zero-order valence-corrected chi connectivity index (χ0v) is 11.0. The number of benzene rings is 1. The van der Waals surface area contributed by atoms with Crippen LogP contribution in [0.4, 0.5) is 13.2 Å². The predicted molar refractivity (Wildman–Crippen MR) is 67.0 cm³/mol. The average Bonchev–Trinajstić information content (AvgIpc) is 2.33. The Labute approximate surface area is 114 Å². The summed E-state index contributed by atoms with van der Waals surface area (Å²) in [6.07, 6.45) is 0.0188. The summed E-state index contributed by atoms with van der Waals surface area (Å²) in [4.78, 5) is 12.0. The van der Waals surface area contributed by atoms with E-state index in [1.165, 1.54) is 12.1 Å². The van der Waals surface area contributed by atoms with Gasteiger partial charge in [-0.2, -0.15) is 0 Å². The Morgan fingerprint density at radius 3 is 2.53 bits per heavy atom. The van der Waals surface area contributed by atoms with Crippen LogP contribution in [0.15, 0.2) is 18.2 Å². The van der Waals surface area contributed by atoms with Crippen molar-refractivity contribution in [2.45, 2.75) is 38.0 Å². The maximum atomic E-state index is 13.2. The van der Waals surface area contributed by atoms with Gasteiger partial charge in [0.15, 0.2) is 0 Å². The predicted octanol–water partition coefficient (Wildman–Crippen LogP) is 4.42. The van der Waals surface area contributed by atoms with Gasteiger partial charge in [-0.25, -0.2) is 13.2 Å². The van der Waals surface area contributed by atoms with Crippen LogP contribution in [0, 0.1) is 11.7 Å². The molecule has 0 heterocycles. The van der Waals surface area contributed by atoms with E-state index in [9.17, 15) is 18.0 Å². The van der Waals surface area contributed by atoms with Gasteiger partial charge in [0.1, 0.15) is 11.6 Å². The SMILES string of the molecule is O=C(Cc1ccc(Cl)c(F)c1)C1CCC(F)(F)CC1. The molecule has 0 aliphatic heterocycles. The molecule has 1 fully saturated rings. The largest absolute Gasteiger partial charge is 0.299 e. The molecule has 104 valence electrons. The molecule has 1 aromatic rings. The fourth-order valence-electron chi connectivity index (χ4n) is 2.36. The van der Waals surface area contributed by atoms with E-state index < -0.39 is 11.7 Å². The Bertz CT molecular complexity index is 478. The van der Waals surface area contributed by atoms with E-state index in [0.717, 1.165) is 0 Å². The standard InChI is InChI=1S/C14H14ClF3O/c15-11-2-1-9(7-12(11)16)8-13(19)10-3-5-14(17,18)6-4-10/h1-2,7,10H,3-6,8H2. The van der Waals surface area contributed by atoms with Crippen molar-refractivity contribution in [1.29, 1.82) is 0 Å². The number of ketones is 1. The van der Waals surface area contributed by atoms with Crippen molar-refractivity contribution in [1.82, 2.24) is 0 Å². The Kier molecular flexibility index (Phi) is 4.19. The third kappa shape index (κ3) is 3.72. The minimum atomic E-state index is -2.64. The summed E-state index contributed by atoms with van der Waals surface area (Å²) < 4.78 is 39.2. The molecular weight excluding hydrogens is 277 g/mol. The Morgan fingerprint density at radius 1 is 1.32 bits per heavy atom. The molecule has 2 rings (SSSR count). The molecule has 19 heavy (non-hydrogen) atoms. The normalized spacial score (nSPS) is 19.4. The Hall–Kier alpha value is -1.03. The monoisotopic (exact) mass is 290 g/mol. The van der Waals surface area contributed by atoms with E-state index in [1.807, 2.05) is 0 Å². The summed E-state index contributed by atoms with van der Waals surface area (Å²) in [6.45, 7) is 0. The van der Waals surface area contributed by atoms with Crippen molar-refractivity contribution in [3.63, 3.8) is 0 Å². The lowest BCUT2D eigenvalue weighted by Crippen LogP contribution is -2.29. The van der Waals surface area contributed by atoms with Crippen LogP contribution >= 0.6 is 11.6 Å². The summed E-state index contributed by atoms with van der Waals surface area (Å²) in [5.74, 6) is -3.64. The van der Waals surface area contributed by atoms with Gasteiger partial charge in [-0.05, 0) is 30.5 Å². The van der Waals surface area contributed by atoms with Gasteiger partial charge < -0.3 is 0 Å². The second-order valence-corrected chi connectivity index (χ2v) is 5.43. The molecule has 0 saturated heterocycles. The number of alkyl halides is 2. The van der Waals surface area contributed by atoms with Gasteiger partial charge in [0.2, 0.25) is 5.92 Å². The van der Waals surface area contributed by atoms with Crippen LogP contribution in [-0.2, 0) is 11.2 Å². The summed E-state index contributed by atoms with van der Waals surface area (Å²) in [6, 6.07) is 4.20. The highest BCUT2D eigenvalue weighted by Crippen LogP contribution is 2.36. The van der Waals surface area contributed by atoms with Crippen LogP contribution in [0.25, 0.3) is 0 Å². The summed E-state index contributed by atoms with van der Waals surface area (Å²) >= 11 is 5.55. The van der Waals surface area contributed by atoms with Crippen molar-refractivity contribution in [3.05, 3.63) is 34.6 Å². The lowest BCUT2D eigenvalue weighted by atomic mass is 9.82. The van der Waals surface area contributed by atoms with E-state index in [0.29, 0.717) is 5.56 Å². The van der Waals surface area contributed by atoms with Gasteiger partial charge in [0.05, 0.1) is 5.02 Å². The fourth-order valence-corrected chi connectivity index (χ4v) is 2.47. The van der Waals surface area contributed by atoms with Crippen LogP contribution in [0.3, 0.4) is 0 Å². The molecule has 1 aliphatic carbocycles. The molecule has 5 heteroatoms. The van der Waals surface area contributed by atoms with Crippen molar-refractivity contribution in [2.75, 3.05) is 0 Å². The third-order valence-electron chi connectivity index (χ3n) is 3.53. The molecule has 1 nitrogen and oxygen atoms in total. The third-order valence-corrected chi connectivity index (χ3v) is 3.84.